The van der Waals surface area contributed by atoms with Gasteiger partial charge in [0.1, 0.15) is 0 Å². The summed E-state index contributed by atoms with van der Waals surface area (Å²) in [5.74, 6) is -0.625. The van der Waals surface area contributed by atoms with E-state index in [1.807, 2.05) is 48.9 Å². The predicted octanol–water partition coefficient (Wildman–Crippen LogP) is 2.77. The lowest BCUT2D eigenvalue weighted by atomic mass is 10.1. The maximum atomic E-state index is 13.0. The third kappa shape index (κ3) is 5.70. The Morgan fingerprint density at radius 2 is 1.68 bits per heavy atom. The maximum absolute atomic E-state index is 13.0. The van der Waals surface area contributed by atoms with Crippen molar-refractivity contribution in [2.45, 2.75) is 45.2 Å². The van der Waals surface area contributed by atoms with E-state index >= 15 is 0 Å². The number of rotatable bonds is 8. The summed E-state index contributed by atoms with van der Waals surface area (Å²) >= 11 is 0. The number of likely N-dealkylation sites (N-methyl/N-ethyl adjacent to an activating group) is 1. The van der Waals surface area contributed by atoms with Gasteiger partial charge in [-0.05, 0) is 57.2 Å². The van der Waals surface area contributed by atoms with E-state index in [9.17, 15) is 18.0 Å². The van der Waals surface area contributed by atoms with Gasteiger partial charge in [0.25, 0.3) is 0 Å². The number of anilines is 1. The number of para-hydroxylation sites is 1. The molecule has 3 aromatic rings. The molecule has 0 radical (unpaired) electrons. The number of nitrogens with zero attached hydrogens (tertiary/aromatic N) is 3. The highest BCUT2D eigenvalue weighted by molar-refractivity contribution is 7.89. The molecular formula is C24H29N5O4S. The Kier molecular flexibility index (Phi) is 7.53. The van der Waals surface area contributed by atoms with Crippen molar-refractivity contribution in [3.8, 4) is 5.69 Å². The molecule has 180 valence electrons. The number of benzene rings is 2. The van der Waals surface area contributed by atoms with E-state index in [1.165, 1.54) is 43.0 Å². The van der Waals surface area contributed by atoms with Crippen LogP contribution < -0.4 is 10.0 Å². The second kappa shape index (κ2) is 10.2. The van der Waals surface area contributed by atoms with Crippen molar-refractivity contribution >= 4 is 27.5 Å². The molecule has 2 N–H and O–H groups in total. The Morgan fingerprint density at radius 3 is 2.26 bits per heavy atom. The van der Waals surface area contributed by atoms with Gasteiger partial charge in [0.15, 0.2) is 0 Å². The number of carbonyl (C=O) groups is 2. The van der Waals surface area contributed by atoms with Gasteiger partial charge in [0.2, 0.25) is 21.8 Å². The van der Waals surface area contributed by atoms with Crippen LogP contribution >= 0.6 is 0 Å². The molecule has 0 fully saturated rings. The number of aromatic nitrogens is 2. The third-order valence-electron chi connectivity index (χ3n) is 5.40. The second-order valence-electron chi connectivity index (χ2n) is 8.14. The summed E-state index contributed by atoms with van der Waals surface area (Å²) in [5.41, 5.74) is 4.03. The fourth-order valence-corrected chi connectivity index (χ4v) is 4.84. The normalized spacial score (nSPS) is 12.3. The van der Waals surface area contributed by atoms with E-state index in [1.54, 1.807) is 7.05 Å². The summed E-state index contributed by atoms with van der Waals surface area (Å²) in [5, 5.41) is 7.18. The van der Waals surface area contributed by atoms with E-state index < -0.39 is 16.1 Å². The van der Waals surface area contributed by atoms with E-state index in [2.05, 4.69) is 15.1 Å². The molecule has 0 saturated heterocycles. The standard InChI is InChI=1S/C24H29N5O4S/c1-16-23(18(3)29(26-16)21-9-7-6-8-10-21)15-28(5)24(31)17(2)27-34(32,33)22-13-11-20(12-14-22)25-19(4)30/h6-14,17,27H,15H2,1-5H3,(H,25,30). The minimum atomic E-state index is -3.93. The van der Waals surface area contributed by atoms with Gasteiger partial charge in [-0.15, -0.1) is 0 Å². The lowest BCUT2D eigenvalue weighted by molar-refractivity contribution is -0.131. The monoisotopic (exact) mass is 483 g/mol. The average Bonchev–Trinajstić information content (AvgIpc) is 3.07. The highest BCUT2D eigenvalue weighted by Gasteiger charge is 2.26. The first kappa shape index (κ1) is 25.1. The van der Waals surface area contributed by atoms with Gasteiger partial charge >= 0.3 is 0 Å². The topological polar surface area (TPSA) is 113 Å². The second-order valence-corrected chi connectivity index (χ2v) is 9.85. The van der Waals surface area contributed by atoms with Crippen molar-refractivity contribution in [3.63, 3.8) is 0 Å². The minimum absolute atomic E-state index is 0.000249. The first-order chi connectivity index (χ1) is 16.0. The zero-order chi connectivity index (χ0) is 25.0. The Bertz CT molecular complexity index is 1280. The molecule has 0 aliphatic rings. The van der Waals surface area contributed by atoms with Crippen molar-refractivity contribution in [1.82, 2.24) is 19.4 Å². The van der Waals surface area contributed by atoms with Crippen molar-refractivity contribution in [1.29, 1.82) is 0 Å². The number of amides is 2. The van der Waals surface area contributed by atoms with Gasteiger partial charge in [-0.1, -0.05) is 18.2 Å². The minimum Gasteiger partial charge on any atom is -0.340 e. The number of nitrogens with one attached hydrogen (secondary N) is 2. The summed E-state index contributed by atoms with van der Waals surface area (Å²) in [4.78, 5) is 25.6. The summed E-state index contributed by atoms with van der Waals surface area (Å²) in [6.45, 7) is 7.00. The largest absolute Gasteiger partial charge is 0.340 e. The van der Waals surface area contributed by atoms with Gasteiger partial charge in [-0.2, -0.15) is 9.82 Å². The molecule has 10 heteroatoms. The highest BCUT2D eigenvalue weighted by Crippen LogP contribution is 2.20. The van der Waals surface area contributed by atoms with Crippen LogP contribution in [0.4, 0.5) is 5.69 Å². The number of hydrogen-bond acceptors (Lipinski definition) is 5. The Morgan fingerprint density at radius 1 is 1.06 bits per heavy atom. The lowest BCUT2D eigenvalue weighted by Gasteiger charge is -2.22. The molecule has 34 heavy (non-hydrogen) atoms. The summed E-state index contributed by atoms with van der Waals surface area (Å²) in [7, 11) is -2.30. The molecule has 0 spiro atoms. The van der Waals surface area contributed by atoms with Crippen LogP contribution in [0, 0.1) is 13.8 Å². The van der Waals surface area contributed by atoms with Crippen LogP contribution in [0.5, 0.6) is 0 Å². The first-order valence-electron chi connectivity index (χ1n) is 10.7. The molecule has 0 saturated carbocycles. The molecule has 1 unspecified atom stereocenters. The Balaban J connectivity index is 1.70. The zero-order valence-electron chi connectivity index (χ0n) is 19.9. The van der Waals surface area contributed by atoms with Gasteiger partial charge in [-0.3, -0.25) is 9.59 Å². The molecule has 1 atom stereocenters. The Hall–Kier alpha value is -3.50. The number of sulfonamides is 1. The van der Waals surface area contributed by atoms with Crippen molar-refractivity contribution in [3.05, 3.63) is 71.5 Å². The predicted molar refractivity (Wildman–Crippen MR) is 130 cm³/mol. The van der Waals surface area contributed by atoms with Crippen LogP contribution in [-0.2, 0) is 26.2 Å². The van der Waals surface area contributed by atoms with Crippen LogP contribution in [0.15, 0.2) is 59.5 Å². The molecule has 2 aromatic carbocycles. The zero-order valence-corrected chi connectivity index (χ0v) is 20.7. The molecule has 0 bridgehead atoms. The van der Waals surface area contributed by atoms with Crippen LogP contribution in [-0.4, -0.2) is 48.0 Å². The van der Waals surface area contributed by atoms with Crippen LogP contribution in [0.1, 0.15) is 30.8 Å². The van der Waals surface area contributed by atoms with Crippen LogP contribution in [0.3, 0.4) is 0 Å². The maximum Gasteiger partial charge on any atom is 0.241 e. The van der Waals surface area contributed by atoms with E-state index in [-0.39, 0.29) is 16.7 Å². The molecule has 1 heterocycles. The number of aryl methyl sites for hydroxylation is 1. The van der Waals surface area contributed by atoms with E-state index in [0.29, 0.717) is 12.2 Å². The van der Waals surface area contributed by atoms with E-state index in [0.717, 1.165) is 22.6 Å². The van der Waals surface area contributed by atoms with E-state index in [4.69, 9.17) is 0 Å². The van der Waals surface area contributed by atoms with Gasteiger partial charge < -0.3 is 10.2 Å². The van der Waals surface area contributed by atoms with Crippen molar-refractivity contribution < 1.29 is 18.0 Å². The molecule has 0 aliphatic heterocycles. The number of carbonyl (C=O) groups excluding carboxylic acids is 2. The first-order valence-corrected chi connectivity index (χ1v) is 12.2. The quantitative estimate of drug-likeness (QED) is 0.512. The van der Waals surface area contributed by atoms with Crippen LogP contribution in [0.25, 0.3) is 5.69 Å². The smallest absolute Gasteiger partial charge is 0.241 e. The third-order valence-corrected chi connectivity index (χ3v) is 6.96. The molecule has 2 amide bonds. The lowest BCUT2D eigenvalue weighted by Crippen LogP contribution is -2.45. The summed E-state index contributed by atoms with van der Waals surface area (Å²) < 4.78 is 29.8. The van der Waals surface area contributed by atoms with Crippen molar-refractivity contribution in [2.75, 3.05) is 12.4 Å². The van der Waals surface area contributed by atoms with Gasteiger partial charge in [-0.25, -0.2) is 13.1 Å². The molecule has 0 aliphatic carbocycles. The Labute approximate surface area is 199 Å². The molecule has 1 aromatic heterocycles. The summed E-state index contributed by atoms with van der Waals surface area (Å²) in [6, 6.07) is 14.5. The SMILES string of the molecule is CC(=O)Nc1ccc(S(=O)(=O)NC(C)C(=O)N(C)Cc2c(C)nn(-c3ccccc3)c2C)cc1. The fraction of sp³-hybridized carbons (Fsp3) is 0.292. The van der Waals surface area contributed by atoms with Crippen LogP contribution in [0.2, 0.25) is 0 Å². The van der Waals surface area contributed by atoms with Crippen molar-refractivity contribution in [2.24, 2.45) is 0 Å². The fourth-order valence-electron chi connectivity index (χ4n) is 3.64. The van der Waals surface area contributed by atoms with Gasteiger partial charge in [0, 0.05) is 37.5 Å². The average molecular weight is 484 g/mol. The highest BCUT2D eigenvalue weighted by atomic mass is 32.2. The molecular weight excluding hydrogens is 454 g/mol. The molecule has 3 rings (SSSR count). The van der Waals surface area contributed by atoms with Gasteiger partial charge in [0.05, 0.1) is 22.3 Å². The molecule has 9 nitrogen and oxygen atoms in total. The number of hydrogen-bond donors (Lipinski definition) is 2. The summed E-state index contributed by atoms with van der Waals surface area (Å²) in [6.07, 6.45) is 0.